The largest absolute Gasteiger partial charge is 0.352 e. The smallest absolute Gasteiger partial charge is 0.191 e. The van der Waals surface area contributed by atoms with E-state index in [1.807, 2.05) is 6.07 Å². The van der Waals surface area contributed by atoms with E-state index in [1.165, 1.54) is 11.6 Å². The molecule has 2 aromatic rings. The first kappa shape index (κ1) is 18.5. The molecular weight excluding hydrogens is 315 g/mol. The van der Waals surface area contributed by atoms with E-state index >= 15 is 0 Å². The molecule has 0 aliphatic carbocycles. The summed E-state index contributed by atoms with van der Waals surface area (Å²) in [6, 6.07) is 14.9. The third-order valence-corrected chi connectivity index (χ3v) is 4.09. The molecule has 2 N–H and O–H groups in total. The molecule has 0 aromatic heterocycles. The Labute approximate surface area is 148 Å². The molecule has 2 rings (SSSR count). The van der Waals surface area contributed by atoms with E-state index in [9.17, 15) is 4.39 Å². The van der Waals surface area contributed by atoms with Crippen molar-refractivity contribution in [1.82, 2.24) is 10.6 Å². The molecular formula is C20H23FN4. The van der Waals surface area contributed by atoms with Gasteiger partial charge in [0.05, 0.1) is 17.7 Å². The Hall–Kier alpha value is -2.87. The fraction of sp³-hybridized carbons (Fsp3) is 0.300. The summed E-state index contributed by atoms with van der Waals surface area (Å²) < 4.78 is 13.9. The lowest BCUT2D eigenvalue weighted by atomic mass is 10.1. The van der Waals surface area contributed by atoms with E-state index in [-0.39, 0.29) is 6.04 Å². The van der Waals surface area contributed by atoms with Gasteiger partial charge in [0, 0.05) is 19.2 Å². The van der Waals surface area contributed by atoms with Crippen molar-refractivity contribution in [2.75, 3.05) is 7.05 Å². The number of halogens is 1. The van der Waals surface area contributed by atoms with Crippen molar-refractivity contribution in [3.05, 3.63) is 70.5 Å². The van der Waals surface area contributed by atoms with Crippen LogP contribution in [0, 0.1) is 17.1 Å². The molecule has 0 aliphatic rings. The molecule has 0 fully saturated rings. The molecule has 1 atom stereocenters. The molecule has 0 aliphatic heterocycles. The predicted molar refractivity (Wildman–Crippen MR) is 98.7 cm³/mol. The highest BCUT2D eigenvalue weighted by atomic mass is 19.1. The van der Waals surface area contributed by atoms with E-state index in [1.54, 1.807) is 19.2 Å². The van der Waals surface area contributed by atoms with Gasteiger partial charge in [0.1, 0.15) is 5.82 Å². The molecule has 0 saturated carbocycles. The molecule has 130 valence electrons. The number of guanidine groups is 1. The van der Waals surface area contributed by atoms with Gasteiger partial charge < -0.3 is 10.6 Å². The molecule has 25 heavy (non-hydrogen) atoms. The van der Waals surface area contributed by atoms with Crippen LogP contribution in [0.25, 0.3) is 0 Å². The zero-order valence-corrected chi connectivity index (χ0v) is 14.8. The lowest BCUT2D eigenvalue weighted by molar-refractivity contribution is 0.602. The monoisotopic (exact) mass is 338 g/mol. The minimum absolute atomic E-state index is 0.0721. The molecule has 0 radical (unpaired) electrons. The maximum atomic E-state index is 13.9. The standard InChI is InChI=1S/C20H23FN4/c1-4-15-5-8-17(9-6-15)14(2)25-20(23-3)24-13-18-10-7-16(12-22)11-19(18)21/h5-11,14H,4,13H2,1-3H3,(H2,23,24,25). The van der Waals surface area contributed by atoms with Gasteiger partial charge in [-0.05, 0) is 36.6 Å². The van der Waals surface area contributed by atoms with Crippen LogP contribution in [0.15, 0.2) is 47.5 Å². The van der Waals surface area contributed by atoms with E-state index in [4.69, 9.17) is 5.26 Å². The van der Waals surface area contributed by atoms with Crippen LogP contribution in [0.4, 0.5) is 4.39 Å². The van der Waals surface area contributed by atoms with Crippen molar-refractivity contribution in [3.8, 4) is 6.07 Å². The van der Waals surface area contributed by atoms with Gasteiger partial charge in [0.2, 0.25) is 0 Å². The van der Waals surface area contributed by atoms with E-state index < -0.39 is 5.82 Å². The number of aryl methyl sites for hydroxylation is 1. The Balaban J connectivity index is 1.97. The molecule has 0 amide bonds. The molecule has 5 heteroatoms. The SMILES string of the molecule is CCc1ccc(C(C)NC(=NC)NCc2ccc(C#N)cc2F)cc1. The van der Waals surface area contributed by atoms with Crippen molar-refractivity contribution in [3.63, 3.8) is 0 Å². The van der Waals surface area contributed by atoms with E-state index in [0.717, 1.165) is 12.0 Å². The van der Waals surface area contributed by atoms with Gasteiger partial charge >= 0.3 is 0 Å². The van der Waals surface area contributed by atoms with Gasteiger partial charge in [0.25, 0.3) is 0 Å². The number of hydrogen-bond acceptors (Lipinski definition) is 2. The van der Waals surface area contributed by atoms with Gasteiger partial charge in [-0.2, -0.15) is 5.26 Å². The number of nitrogens with one attached hydrogen (secondary N) is 2. The van der Waals surface area contributed by atoms with Crippen molar-refractivity contribution < 1.29 is 4.39 Å². The third-order valence-electron chi connectivity index (χ3n) is 4.09. The fourth-order valence-corrected chi connectivity index (χ4v) is 2.46. The van der Waals surface area contributed by atoms with Crippen molar-refractivity contribution >= 4 is 5.96 Å². The van der Waals surface area contributed by atoms with Gasteiger partial charge in [0.15, 0.2) is 5.96 Å². The lowest BCUT2D eigenvalue weighted by Gasteiger charge is -2.19. The average molecular weight is 338 g/mol. The zero-order valence-electron chi connectivity index (χ0n) is 14.8. The second kappa shape index (κ2) is 8.84. The maximum absolute atomic E-state index is 13.9. The van der Waals surface area contributed by atoms with Crippen molar-refractivity contribution in [2.45, 2.75) is 32.9 Å². The molecule has 0 spiro atoms. The summed E-state index contributed by atoms with van der Waals surface area (Å²) >= 11 is 0. The van der Waals surface area contributed by atoms with E-state index in [0.29, 0.717) is 23.6 Å². The molecule has 0 saturated heterocycles. The average Bonchev–Trinajstić information content (AvgIpc) is 2.65. The first-order valence-corrected chi connectivity index (χ1v) is 8.32. The number of benzene rings is 2. The molecule has 0 heterocycles. The minimum Gasteiger partial charge on any atom is -0.352 e. The van der Waals surface area contributed by atoms with Crippen LogP contribution in [-0.4, -0.2) is 13.0 Å². The van der Waals surface area contributed by atoms with Gasteiger partial charge in [-0.3, -0.25) is 4.99 Å². The second-order valence-electron chi connectivity index (χ2n) is 5.80. The quantitative estimate of drug-likeness (QED) is 0.646. The second-order valence-corrected chi connectivity index (χ2v) is 5.80. The van der Waals surface area contributed by atoms with Crippen LogP contribution in [0.3, 0.4) is 0 Å². The summed E-state index contributed by atoms with van der Waals surface area (Å²) in [5.74, 6) is 0.195. The molecule has 0 bridgehead atoms. The topological polar surface area (TPSA) is 60.2 Å². The number of nitriles is 1. The van der Waals surface area contributed by atoms with Crippen molar-refractivity contribution in [1.29, 1.82) is 5.26 Å². The maximum Gasteiger partial charge on any atom is 0.191 e. The van der Waals surface area contributed by atoms with Gasteiger partial charge in [-0.15, -0.1) is 0 Å². The van der Waals surface area contributed by atoms with Crippen LogP contribution in [0.1, 0.15) is 42.1 Å². The highest BCUT2D eigenvalue weighted by Gasteiger charge is 2.09. The van der Waals surface area contributed by atoms with Crippen LogP contribution < -0.4 is 10.6 Å². The van der Waals surface area contributed by atoms with Crippen LogP contribution in [0.5, 0.6) is 0 Å². The summed E-state index contributed by atoms with van der Waals surface area (Å²) in [5, 5.41) is 15.2. The Kier molecular flexibility index (Phi) is 6.53. The van der Waals surface area contributed by atoms with Gasteiger partial charge in [-0.1, -0.05) is 37.3 Å². The summed E-state index contributed by atoms with van der Waals surface area (Å²) in [4.78, 5) is 4.19. The molecule has 4 nitrogen and oxygen atoms in total. The van der Waals surface area contributed by atoms with Crippen molar-refractivity contribution in [2.24, 2.45) is 4.99 Å². The summed E-state index contributed by atoms with van der Waals surface area (Å²) in [6.07, 6.45) is 1.02. The number of rotatable bonds is 5. The first-order chi connectivity index (χ1) is 12.1. The van der Waals surface area contributed by atoms with Crippen LogP contribution >= 0.6 is 0 Å². The predicted octanol–water partition coefficient (Wildman–Crippen LogP) is 3.69. The van der Waals surface area contributed by atoms with Gasteiger partial charge in [-0.25, -0.2) is 4.39 Å². The summed E-state index contributed by atoms with van der Waals surface area (Å²) in [6.45, 7) is 4.47. The molecule has 1 unspecified atom stereocenters. The highest BCUT2D eigenvalue weighted by Crippen LogP contribution is 2.14. The van der Waals surface area contributed by atoms with Crippen LogP contribution in [0.2, 0.25) is 0 Å². The zero-order chi connectivity index (χ0) is 18.2. The first-order valence-electron chi connectivity index (χ1n) is 8.32. The van der Waals surface area contributed by atoms with E-state index in [2.05, 4.69) is 53.7 Å². The molecule has 2 aromatic carbocycles. The Morgan fingerprint density at radius 1 is 1.24 bits per heavy atom. The normalized spacial score (nSPS) is 12.4. The lowest BCUT2D eigenvalue weighted by Crippen LogP contribution is -2.38. The highest BCUT2D eigenvalue weighted by molar-refractivity contribution is 5.80. The Morgan fingerprint density at radius 3 is 2.52 bits per heavy atom. The number of aliphatic imine (C=N–C) groups is 1. The number of nitrogens with zero attached hydrogens (tertiary/aromatic N) is 2. The van der Waals surface area contributed by atoms with Crippen LogP contribution in [-0.2, 0) is 13.0 Å². The summed E-state index contributed by atoms with van der Waals surface area (Å²) in [5.41, 5.74) is 3.26. The minimum atomic E-state index is -0.398. The number of hydrogen-bond donors (Lipinski definition) is 2. The third kappa shape index (κ3) is 5.05. The Morgan fingerprint density at radius 2 is 1.96 bits per heavy atom. The summed E-state index contributed by atoms with van der Waals surface area (Å²) in [7, 11) is 1.68. The fourth-order valence-electron chi connectivity index (χ4n) is 2.46. The Bertz CT molecular complexity index is 775.